The van der Waals surface area contributed by atoms with Gasteiger partial charge in [0.05, 0.1) is 4.92 Å². The van der Waals surface area contributed by atoms with Gasteiger partial charge in [-0.05, 0) is 25.1 Å². The van der Waals surface area contributed by atoms with Gasteiger partial charge in [-0.3, -0.25) is 20.3 Å². The predicted molar refractivity (Wildman–Crippen MR) is 70.8 cm³/mol. The molecule has 1 aromatic heterocycles. The van der Waals surface area contributed by atoms with Crippen molar-refractivity contribution in [3.05, 3.63) is 40.6 Å². The van der Waals surface area contributed by atoms with Gasteiger partial charge in [-0.2, -0.15) is 0 Å². The van der Waals surface area contributed by atoms with Gasteiger partial charge in [0, 0.05) is 17.6 Å². The molecule has 1 heterocycles. The fraction of sp³-hybridized carbons (Fsp3) is 0.167. The van der Waals surface area contributed by atoms with Crippen molar-refractivity contribution < 1.29 is 14.5 Å². The zero-order valence-electron chi connectivity index (χ0n) is 10.6. The van der Waals surface area contributed by atoms with Crippen LogP contribution in [0.15, 0.2) is 30.5 Å². The summed E-state index contributed by atoms with van der Waals surface area (Å²) in [6.07, 6.45) is 0.625. The normalized spacial score (nSPS) is 11.9. The first-order valence-corrected chi connectivity index (χ1v) is 5.74. The van der Waals surface area contributed by atoms with Gasteiger partial charge in [0.2, 0.25) is 0 Å². The molecule has 2 aromatic rings. The smallest absolute Gasteiger partial charge is 0.295 e. The highest BCUT2D eigenvalue weighted by atomic mass is 16.6. The number of nitro benzene ring substituents is 1. The summed E-state index contributed by atoms with van der Waals surface area (Å²) in [5.74, 6) is 4.85. The number of nitro groups is 1. The molecule has 8 nitrogen and oxygen atoms in total. The third kappa shape index (κ3) is 2.50. The van der Waals surface area contributed by atoms with Crippen molar-refractivity contribution in [2.45, 2.75) is 13.0 Å². The molecule has 104 valence electrons. The molecule has 0 radical (unpaired) electrons. The van der Waals surface area contributed by atoms with E-state index in [0.717, 1.165) is 0 Å². The van der Waals surface area contributed by atoms with E-state index in [1.54, 1.807) is 12.1 Å². The number of ether oxygens (including phenoxy) is 1. The van der Waals surface area contributed by atoms with E-state index >= 15 is 0 Å². The Balaban J connectivity index is 2.48. The van der Waals surface area contributed by atoms with Crippen LogP contribution in [-0.4, -0.2) is 21.9 Å². The molecule has 1 atom stereocenters. The molecule has 1 aromatic carbocycles. The highest BCUT2D eigenvalue weighted by Crippen LogP contribution is 2.31. The zero-order valence-corrected chi connectivity index (χ0v) is 10.6. The van der Waals surface area contributed by atoms with Crippen molar-refractivity contribution in [1.29, 1.82) is 0 Å². The maximum atomic E-state index is 11.3. The van der Waals surface area contributed by atoms with Gasteiger partial charge in [0.15, 0.2) is 11.6 Å². The Hall–Kier alpha value is -2.74. The maximum Gasteiger partial charge on any atom is 0.295 e. The number of rotatable bonds is 4. The molecule has 0 aliphatic rings. The molecule has 1 unspecified atom stereocenters. The summed E-state index contributed by atoms with van der Waals surface area (Å²) in [5, 5.41) is 11.4. The fourth-order valence-corrected chi connectivity index (χ4v) is 1.74. The largest absolute Gasteiger partial charge is 0.480 e. The minimum atomic E-state index is -0.829. The van der Waals surface area contributed by atoms with E-state index in [-0.39, 0.29) is 11.2 Å². The summed E-state index contributed by atoms with van der Waals surface area (Å²) in [6.45, 7) is 1.52. The van der Waals surface area contributed by atoms with Gasteiger partial charge in [-0.1, -0.05) is 0 Å². The lowest BCUT2D eigenvalue weighted by molar-refractivity contribution is -0.383. The lowest BCUT2D eigenvalue weighted by Gasteiger charge is -2.14. The summed E-state index contributed by atoms with van der Waals surface area (Å²) in [4.78, 5) is 25.8. The Kier molecular flexibility index (Phi) is 3.76. The zero-order chi connectivity index (χ0) is 14.7. The minimum Gasteiger partial charge on any atom is -0.480 e. The summed E-state index contributed by atoms with van der Waals surface area (Å²) < 4.78 is 5.46. The molecule has 8 heteroatoms. The van der Waals surface area contributed by atoms with Crippen LogP contribution >= 0.6 is 0 Å². The maximum absolute atomic E-state index is 11.3. The van der Waals surface area contributed by atoms with Crippen molar-refractivity contribution in [3.63, 3.8) is 0 Å². The summed E-state index contributed by atoms with van der Waals surface area (Å²) in [6, 6.07) is 5.99. The standard InChI is InChI=1S/C12H12N4O4/c1-7(12(17)15-13)20-10-5-4-9(16(18)19)11-8(10)3-2-6-14-11/h2-7H,13H2,1H3,(H,15,17). The molecular formula is C12H12N4O4. The molecule has 0 bridgehead atoms. The van der Waals surface area contributed by atoms with E-state index in [1.807, 2.05) is 5.43 Å². The first-order valence-electron chi connectivity index (χ1n) is 5.74. The lowest BCUT2D eigenvalue weighted by atomic mass is 10.1. The van der Waals surface area contributed by atoms with Crippen LogP contribution in [0, 0.1) is 10.1 Å². The van der Waals surface area contributed by atoms with Crippen LogP contribution < -0.4 is 16.0 Å². The Morgan fingerprint density at radius 3 is 2.90 bits per heavy atom. The van der Waals surface area contributed by atoms with Crippen LogP contribution in [0.2, 0.25) is 0 Å². The third-order valence-corrected chi connectivity index (χ3v) is 2.72. The Labute approximate surface area is 113 Å². The number of nitrogens with two attached hydrogens (primary N) is 1. The number of carbonyl (C=O) groups is 1. The fourth-order valence-electron chi connectivity index (χ4n) is 1.74. The average molecular weight is 276 g/mol. The van der Waals surface area contributed by atoms with Gasteiger partial charge in [0.25, 0.3) is 11.6 Å². The molecule has 0 spiro atoms. The number of non-ortho nitro benzene ring substituents is 1. The number of hydrazine groups is 1. The van der Waals surface area contributed by atoms with Crippen molar-refractivity contribution in [2.24, 2.45) is 5.84 Å². The SMILES string of the molecule is CC(Oc1ccc([N+](=O)[O-])c2ncccc12)C(=O)NN. The number of carbonyl (C=O) groups excluding carboxylic acids is 1. The molecule has 1 amide bonds. The number of nitrogens with one attached hydrogen (secondary N) is 1. The minimum absolute atomic E-state index is 0.121. The molecule has 20 heavy (non-hydrogen) atoms. The molecule has 3 N–H and O–H groups in total. The number of nitrogens with zero attached hydrogens (tertiary/aromatic N) is 2. The van der Waals surface area contributed by atoms with E-state index in [4.69, 9.17) is 10.6 Å². The second-order valence-electron chi connectivity index (χ2n) is 4.01. The molecule has 0 saturated heterocycles. The summed E-state index contributed by atoms with van der Waals surface area (Å²) in [7, 11) is 0. The number of aromatic nitrogens is 1. The van der Waals surface area contributed by atoms with E-state index < -0.39 is 16.9 Å². The van der Waals surface area contributed by atoms with Crippen molar-refractivity contribution in [3.8, 4) is 5.75 Å². The highest BCUT2D eigenvalue weighted by molar-refractivity contribution is 5.92. The highest BCUT2D eigenvalue weighted by Gasteiger charge is 2.19. The quantitative estimate of drug-likeness (QED) is 0.370. The second-order valence-corrected chi connectivity index (χ2v) is 4.01. The number of benzene rings is 1. The Morgan fingerprint density at radius 1 is 1.50 bits per heavy atom. The molecule has 0 saturated carbocycles. The van der Waals surface area contributed by atoms with Crippen molar-refractivity contribution in [1.82, 2.24) is 10.4 Å². The summed E-state index contributed by atoms with van der Waals surface area (Å²) in [5.41, 5.74) is 2.06. The van der Waals surface area contributed by atoms with E-state index in [1.165, 1.54) is 25.3 Å². The first kappa shape index (κ1) is 13.7. The number of hydrogen-bond donors (Lipinski definition) is 2. The van der Waals surface area contributed by atoms with Crippen LogP contribution in [0.3, 0.4) is 0 Å². The van der Waals surface area contributed by atoms with Gasteiger partial charge in [-0.15, -0.1) is 0 Å². The predicted octanol–water partition coefficient (Wildman–Crippen LogP) is 0.900. The Morgan fingerprint density at radius 2 is 2.25 bits per heavy atom. The molecule has 0 fully saturated rings. The number of amides is 1. The van der Waals surface area contributed by atoms with Gasteiger partial charge >= 0.3 is 0 Å². The average Bonchev–Trinajstić information content (AvgIpc) is 2.46. The lowest BCUT2D eigenvalue weighted by Crippen LogP contribution is -2.40. The van der Waals surface area contributed by atoms with Gasteiger partial charge in [-0.25, -0.2) is 10.8 Å². The van der Waals surface area contributed by atoms with Crippen LogP contribution in [0.4, 0.5) is 5.69 Å². The van der Waals surface area contributed by atoms with Crippen molar-refractivity contribution in [2.75, 3.05) is 0 Å². The monoisotopic (exact) mass is 276 g/mol. The van der Waals surface area contributed by atoms with Crippen LogP contribution in [0.25, 0.3) is 10.9 Å². The van der Waals surface area contributed by atoms with Gasteiger partial charge in [0.1, 0.15) is 5.75 Å². The second kappa shape index (κ2) is 5.49. The third-order valence-electron chi connectivity index (χ3n) is 2.72. The van der Waals surface area contributed by atoms with Crippen molar-refractivity contribution >= 4 is 22.5 Å². The number of pyridine rings is 1. The van der Waals surface area contributed by atoms with E-state index in [2.05, 4.69) is 4.98 Å². The molecule has 0 aliphatic carbocycles. The molecule has 2 rings (SSSR count). The van der Waals surface area contributed by atoms with Gasteiger partial charge < -0.3 is 4.74 Å². The molecular weight excluding hydrogens is 264 g/mol. The summed E-state index contributed by atoms with van der Waals surface area (Å²) >= 11 is 0. The number of hydrogen-bond acceptors (Lipinski definition) is 6. The van der Waals surface area contributed by atoms with Crippen LogP contribution in [-0.2, 0) is 4.79 Å². The van der Waals surface area contributed by atoms with E-state index in [0.29, 0.717) is 11.1 Å². The Bertz CT molecular complexity index is 674. The van der Waals surface area contributed by atoms with Crippen LogP contribution in [0.1, 0.15) is 6.92 Å². The van der Waals surface area contributed by atoms with E-state index in [9.17, 15) is 14.9 Å². The number of fused-ring (bicyclic) bond motifs is 1. The topological polar surface area (TPSA) is 120 Å². The van der Waals surface area contributed by atoms with Crippen LogP contribution in [0.5, 0.6) is 5.75 Å². The molecule has 0 aliphatic heterocycles. The first-order chi connectivity index (χ1) is 9.54.